The number of aliphatic hydroxyl groups is 1. The van der Waals surface area contributed by atoms with Gasteiger partial charge in [0.2, 0.25) is 0 Å². The maximum atomic E-state index is 11.8. The molecule has 1 atom stereocenters. The molecule has 0 bridgehead atoms. The summed E-state index contributed by atoms with van der Waals surface area (Å²) < 4.78 is 23.7. The summed E-state index contributed by atoms with van der Waals surface area (Å²) in [5.41, 5.74) is 4.13. The number of fused-ring (bicyclic) bond motifs is 1. The van der Waals surface area contributed by atoms with E-state index in [0.29, 0.717) is 17.2 Å². The Labute approximate surface area is 172 Å². The molecular weight excluding hydrogens is 384 g/mol. The van der Waals surface area contributed by atoms with Crippen LogP contribution in [0.2, 0.25) is 0 Å². The summed E-state index contributed by atoms with van der Waals surface area (Å²) in [7, 11) is -3.20. The zero-order valence-corrected chi connectivity index (χ0v) is 17.6. The topological polar surface area (TPSA) is 83.1 Å². The predicted molar refractivity (Wildman–Crippen MR) is 115 cm³/mol. The second-order valence-electron chi connectivity index (χ2n) is 8.26. The summed E-state index contributed by atoms with van der Waals surface area (Å²) >= 11 is 0. The molecule has 5 nitrogen and oxygen atoms in total. The van der Waals surface area contributed by atoms with Crippen molar-refractivity contribution in [2.45, 2.75) is 49.3 Å². The SMILES string of the molecule is CS(=O)(=O)c1ccc(C(CC2CCCC2)c2cc3cc(CCO)cnc3[nH]2)cc1. The molecule has 29 heavy (non-hydrogen) atoms. The van der Waals surface area contributed by atoms with E-state index >= 15 is 0 Å². The van der Waals surface area contributed by atoms with Gasteiger partial charge in [0.25, 0.3) is 0 Å². The third-order valence-corrected chi connectivity index (χ3v) is 7.21. The van der Waals surface area contributed by atoms with Gasteiger partial charge in [-0.25, -0.2) is 13.4 Å². The monoisotopic (exact) mass is 412 g/mol. The maximum Gasteiger partial charge on any atom is 0.175 e. The van der Waals surface area contributed by atoms with Crippen LogP contribution < -0.4 is 0 Å². The Kier molecular flexibility index (Phi) is 5.74. The first-order valence-corrected chi connectivity index (χ1v) is 12.2. The molecule has 1 saturated carbocycles. The molecule has 154 valence electrons. The molecule has 0 saturated heterocycles. The first-order valence-electron chi connectivity index (χ1n) is 10.3. The fraction of sp³-hybridized carbons (Fsp3) is 0.435. The molecule has 1 aliphatic rings. The standard InChI is InChI=1S/C23H28N2O3S/c1-29(27,28)20-8-6-18(7-9-20)21(13-16-4-2-3-5-16)22-14-19-12-17(10-11-26)15-24-23(19)25-22/h6-9,12,14-16,21,26H,2-5,10-11,13H2,1H3,(H,24,25). The summed E-state index contributed by atoms with van der Waals surface area (Å²) in [6.45, 7) is 0.113. The minimum atomic E-state index is -3.20. The summed E-state index contributed by atoms with van der Waals surface area (Å²) in [4.78, 5) is 8.37. The van der Waals surface area contributed by atoms with E-state index in [9.17, 15) is 13.5 Å². The van der Waals surface area contributed by atoms with E-state index in [-0.39, 0.29) is 12.5 Å². The molecule has 2 aromatic heterocycles. The number of benzene rings is 1. The molecule has 0 spiro atoms. The zero-order chi connectivity index (χ0) is 20.4. The Morgan fingerprint density at radius 2 is 1.90 bits per heavy atom. The van der Waals surface area contributed by atoms with Crippen LogP contribution in [0.1, 0.15) is 54.8 Å². The van der Waals surface area contributed by atoms with E-state index in [4.69, 9.17) is 0 Å². The largest absolute Gasteiger partial charge is 0.396 e. The lowest BCUT2D eigenvalue weighted by Gasteiger charge is -2.20. The summed E-state index contributed by atoms with van der Waals surface area (Å²) in [6, 6.07) is 11.6. The molecular formula is C23H28N2O3S. The second-order valence-corrected chi connectivity index (χ2v) is 10.3. The highest BCUT2D eigenvalue weighted by Crippen LogP contribution is 2.38. The van der Waals surface area contributed by atoms with Gasteiger partial charge in [0.1, 0.15) is 5.65 Å². The van der Waals surface area contributed by atoms with Crippen molar-refractivity contribution in [3.05, 3.63) is 59.4 Å². The molecule has 1 fully saturated rings. The fourth-order valence-corrected chi connectivity index (χ4v) is 5.14. The van der Waals surface area contributed by atoms with Gasteiger partial charge in [0.05, 0.1) is 4.90 Å². The van der Waals surface area contributed by atoms with Gasteiger partial charge in [0.15, 0.2) is 9.84 Å². The quantitative estimate of drug-likeness (QED) is 0.609. The van der Waals surface area contributed by atoms with Crippen molar-refractivity contribution in [2.75, 3.05) is 12.9 Å². The van der Waals surface area contributed by atoms with Crippen LogP contribution in [0.25, 0.3) is 11.0 Å². The molecule has 1 unspecified atom stereocenters. The van der Waals surface area contributed by atoms with Crippen LogP contribution in [-0.4, -0.2) is 36.4 Å². The highest BCUT2D eigenvalue weighted by Gasteiger charge is 2.24. The van der Waals surface area contributed by atoms with Crippen molar-refractivity contribution >= 4 is 20.9 Å². The lowest BCUT2D eigenvalue weighted by Crippen LogP contribution is -2.08. The van der Waals surface area contributed by atoms with Crippen LogP contribution >= 0.6 is 0 Å². The van der Waals surface area contributed by atoms with E-state index in [0.717, 1.165) is 34.3 Å². The zero-order valence-electron chi connectivity index (χ0n) is 16.8. The Hall–Kier alpha value is -2.18. The number of rotatable bonds is 7. The molecule has 2 N–H and O–H groups in total. The minimum Gasteiger partial charge on any atom is -0.396 e. The highest BCUT2D eigenvalue weighted by atomic mass is 32.2. The van der Waals surface area contributed by atoms with Crippen molar-refractivity contribution in [2.24, 2.45) is 5.92 Å². The number of aromatic amines is 1. The van der Waals surface area contributed by atoms with E-state index in [1.165, 1.54) is 31.9 Å². The molecule has 0 aliphatic heterocycles. The third-order valence-electron chi connectivity index (χ3n) is 6.08. The molecule has 2 heterocycles. The van der Waals surface area contributed by atoms with E-state index in [1.54, 1.807) is 12.1 Å². The molecule has 4 rings (SSSR count). The van der Waals surface area contributed by atoms with Gasteiger partial charge in [-0.1, -0.05) is 37.8 Å². The Balaban J connectivity index is 1.71. The Morgan fingerprint density at radius 1 is 1.17 bits per heavy atom. The normalized spacial score (nSPS) is 16.5. The van der Waals surface area contributed by atoms with Crippen LogP contribution in [0.4, 0.5) is 0 Å². The van der Waals surface area contributed by atoms with E-state index < -0.39 is 9.84 Å². The number of nitrogens with one attached hydrogen (secondary N) is 1. The van der Waals surface area contributed by atoms with Crippen molar-refractivity contribution in [1.29, 1.82) is 0 Å². The van der Waals surface area contributed by atoms with Gasteiger partial charge in [-0.2, -0.15) is 0 Å². The highest BCUT2D eigenvalue weighted by molar-refractivity contribution is 7.90. The number of hydrogen-bond acceptors (Lipinski definition) is 4. The van der Waals surface area contributed by atoms with Crippen molar-refractivity contribution in [3.63, 3.8) is 0 Å². The second kappa shape index (κ2) is 8.28. The first-order chi connectivity index (χ1) is 13.9. The van der Waals surface area contributed by atoms with Crippen molar-refractivity contribution in [3.8, 4) is 0 Å². The number of aromatic nitrogens is 2. The van der Waals surface area contributed by atoms with Crippen LogP contribution in [0.15, 0.2) is 47.5 Å². The lowest BCUT2D eigenvalue weighted by molar-refractivity contribution is 0.299. The van der Waals surface area contributed by atoms with Gasteiger partial charge in [-0.15, -0.1) is 0 Å². The lowest BCUT2D eigenvalue weighted by atomic mass is 9.85. The van der Waals surface area contributed by atoms with Crippen LogP contribution in [0, 0.1) is 5.92 Å². The third kappa shape index (κ3) is 4.54. The number of sulfone groups is 1. The van der Waals surface area contributed by atoms with E-state index in [2.05, 4.69) is 22.1 Å². The molecule has 3 aromatic rings. The predicted octanol–water partition coefficient (Wildman–Crippen LogP) is 4.21. The van der Waals surface area contributed by atoms with Gasteiger partial charge in [-0.3, -0.25) is 0 Å². The van der Waals surface area contributed by atoms with Gasteiger partial charge < -0.3 is 10.1 Å². The maximum absolute atomic E-state index is 11.8. The molecule has 1 aliphatic carbocycles. The summed E-state index contributed by atoms with van der Waals surface area (Å²) in [5.74, 6) is 0.876. The Bertz CT molecular complexity index is 1080. The number of hydrogen-bond donors (Lipinski definition) is 2. The van der Waals surface area contributed by atoms with Crippen molar-refractivity contribution in [1.82, 2.24) is 9.97 Å². The van der Waals surface area contributed by atoms with Crippen LogP contribution in [0.5, 0.6) is 0 Å². The van der Waals surface area contributed by atoms with Gasteiger partial charge >= 0.3 is 0 Å². The van der Waals surface area contributed by atoms with Gasteiger partial charge in [0, 0.05) is 36.1 Å². The van der Waals surface area contributed by atoms with Crippen LogP contribution in [-0.2, 0) is 16.3 Å². The number of H-pyrrole nitrogens is 1. The summed E-state index contributed by atoms with van der Waals surface area (Å²) in [5, 5.41) is 10.2. The van der Waals surface area contributed by atoms with Crippen LogP contribution in [0.3, 0.4) is 0 Å². The Morgan fingerprint density at radius 3 is 2.55 bits per heavy atom. The summed E-state index contributed by atoms with van der Waals surface area (Å²) in [6.07, 6.45) is 9.81. The number of aliphatic hydroxyl groups excluding tert-OH is 1. The first kappa shape index (κ1) is 20.1. The fourth-order valence-electron chi connectivity index (χ4n) is 4.51. The average Bonchev–Trinajstić information content (AvgIpc) is 3.35. The molecule has 6 heteroatoms. The molecule has 0 radical (unpaired) electrons. The van der Waals surface area contributed by atoms with E-state index in [1.807, 2.05) is 18.3 Å². The molecule has 1 aromatic carbocycles. The van der Waals surface area contributed by atoms with Gasteiger partial charge in [-0.05, 0) is 54.2 Å². The molecule has 0 amide bonds. The average molecular weight is 413 g/mol. The number of nitrogens with zero attached hydrogens (tertiary/aromatic N) is 1. The van der Waals surface area contributed by atoms with Crippen molar-refractivity contribution < 1.29 is 13.5 Å². The number of pyridine rings is 1. The smallest absolute Gasteiger partial charge is 0.175 e. The minimum absolute atomic E-state index is 0.113.